The molecule has 2 aromatic heterocycles. The van der Waals surface area contributed by atoms with Crippen molar-refractivity contribution in [3.05, 3.63) is 57.4 Å². The molecule has 0 aliphatic heterocycles. The minimum absolute atomic E-state index is 0.0306. The number of aryl methyl sites for hydroxylation is 1. The molecule has 1 aliphatic rings. The van der Waals surface area contributed by atoms with E-state index in [-0.39, 0.29) is 11.8 Å². The van der Waals surface area contributed by atoms with Crippen LogP contribution in [0, 0.1) is 6.92 Å². The molecule has 3 N–H and O–H groups in total. The fourth-order valence-corrected chi connectivity index (χ4v) is 4.38. The van der Waals surface area contributed by atoms with Crippen LogP contribution < -0.4 is 0 Å². The van der Waals surface area contributed by atoms with Gasteiger partial charge in [-0.25, -0.2) is 0 Å². The average molecular weight is 427 g/mol. The van der Waals surface area contributed by atoms with E-state index in [2.05, 4.69) is 20.9 Å². The second-order valence-corrected chi connectivity index (χ2v) is 8.64. The number of fused-ring (bicyclic) bond motifs is 2. The highest BCUT2D eigenvalue weighted by Gasteiger charge is 2.29. The minimum Gasteiger partial charge on any atom is -0.494 e. The van der Waals surface area contributed by atoms with Gasteiger partial charge in [0.15, 0.2) is 5.88 Å². The molecule has 6 nitrogen and oxygen atoms in total. The maximum absolute atomic E-state index is 13.2. The maximum Gasteiger partial charge on any atom is 0.255 e. The Morgan fingerprint density at radius 1 is 1.20 bits per heavy atom. The average Bonchev–Trinajstić information content (AvgIpc) is 3.20. The summed E-state index contributed by atoms with van der Waals surface area (Å²) in [6, 6.07) is 5.54. The molecule has 7 heteroatoms. The lowest BCUT2D eigenvalue weighted by Crippen LogP contribution is -2.34. The van der Waals surface area contributed by atoms with Crippen molar-refractivity contribution in [3.8, 4) is 5.88 Å². The number of hydrogen-bond acceptors (Lipinski definition) is 3. The van der Waals surface area contributed by atoms with Crippen LogP contribution in [0.3, 0.4) is 0 Å². The van der Waals surface area contributed by atoms with Crippen LogP contribution in [-0.4, -0.2) is 65.0 Å². The van der Waals surface area contributed by atoms with Crippen LogP contribution in [0.4, 0.5) is 0 Å². The van der Waals surface area contributed by atoms with Crippen molar-refractivity contribution in [2.24, 2.45) is 0 Å². The van der Waals surface area contributed by atoms with Crippen LogP contribution in [0.1, 0.15) is 39.3 Å². The summed E-state index contributed by atoms with van der Waals surface area (Å²) in [6.07, 6.45) is 3.72. The fraction of sp³-hybridized carbons (Fsp3) is 0.348. The largest absolute Gasteiger partial charge is 0.494 e. The molecule has 0 fully saturated rings. The molecule has 3 aromatic rings. The third-order valence-corrected chi connectivity index (χ3v) is 5.99. The zero-order valence-electron chi connectivity index (χ0n) is 17.8. The third-order valence-electron chi connectivity index (χ3n) is 5.76. The summed E-state index contributed by atoms with van der Waals surface area (Å²) in [7, 11) is 5.85. The number of nitrogens with one attached hydrogen (secondary N) is 2. The number of hydrogen-bond donors (Lipinski definition) is 3. The number of amides is 1. The number of rotatable bonds is 5. The van der Waals surface area contributed by atoms with E-state index in [0.29, 0.717) is 11.6 Å². The first-order valence-corrected chi connectivity index (χ1v) is 10.5. The van der Waals surface area contributed by atoms with Gasteiger partial charge in [0.25, 0.3) is 5.91 Å². The topological polar surface area (TPSA) is 75.4 Å². The number of likely N-dealkylation sites (N-methyl/N-ethyl adjacent to an activating group) is 2. The lowest BCUT2D eigenvalue weighted by Gasteiger charge is -2.21. The highest BCUT2D eigenvalue weighted by Crippen LogP contribution is 2.42. The quantitative estimate of drug-likeness (QED) is 0.573. The van der Waals surface area contributed by atoms with E-state index in [0.717, 1.165) is 63.9 Å². The van der Waals surface area contributed by atoms with E-state index in [1.807, 2.05) is 40.2 Å². The second kappa shape index (κ2) is 7.85. The van der Waals surface area contributed by atoms with E-state index in [9.17, 15) is 9.90 Å². The van der Waals surface area contributed by atoms with Crippen molar-refractivity contribution < 1.29 is 9.90 Å². The molecule has 1 aliphatic carbocycles. The molecule has 2 heterocycles. The molecule has 1 amide bonds. The molecule has 1 aromatic carbocycles. The molecule has 0 saturated heterocycles. The number of H-pyrrole nitrogens is 2. The first-order valence-electron chi connectivity index (χ1n) is 10.1. The molecule has 158 valence electrons. The highest BCUT2D eigenvalue weighted by molar-refractivity contribution is 6.31. The van der Waals surface area contributed by atoms with Crippen LogP contribution in [0.5, 0.6) is 5.88 Å². The summed E-state index contributed by atoms with van der Waals surface area (Å²) >= 11 is 6.11. The maximum atomic E-state index is 13.2. The third kappa shape index (κ3) is 3.50. The summed E-state index contributed by atoms with van der Waals surface area (Å²) in [5.74, 6) is 0.137. The van der Waals surface area contributed by atoms with Crippen molar-refractivity contribution in [1.82, 2.24) is 19.8 Å². The Morgan fingerprint density at radius 2 is 1.97 bits per heavy atom. The first kappa shape index (κ1) is 20.6. The van der Waals surface area contributed by atoms with E-state index in [1.54, 1.807) is 11.0 Å². The van der Waals surface area contributed by atoms with Gasteiger partial charge in [0.2, 0.25) is 0 Å². The Morgan fingerprint density at radius 3 is 2.70 bits per heavy atom. The summed E-state index contributed by atoms with van der Waals surface area (Å²) in [4.78, 5) is 23.5. The number of nitrogens with zero attached hydrogens (tertiary/aromatic N) is 2. The van der Waals surface area contributed by atoms with Crippen LogP contribution in [0.2, 0.25) is 5.02 Å². The summed E-state index contributed by atoms with van der Waals surface area (Å²) in [5, 5.41) is 12.2. The predicted octanol–water partition coefficient (Wildman–Crippen LogP) is 4.17. The number of benzene rings is 1. The van der Waals surface area contributed by atoms with Crippen LogP contribution in [0.15, 0.2) is 24.3 Å². The molecule has 0 spiro atoms. The van der Waals surface area contributed by atoms with Crippen molar-refractivity contribution >= 4 is 34.0 Å². The first-order chi connectivity index (χ1) is 14.3. The zero-order chi connectivity index (χ0) is 21.6. The Balaban J connectivity index is 1.76. The smallest absolute Gasteiger partial charge is 0.255 e. The Kier molecular flexibility index (Phi) is 5.38. The van der Waals surface area contributed by atoms with Crippen molar-refractivity contribution in [1.29, 1.82) is 0 Å². The van der Waals surface area contributed by atoms with Gasteiger partial charge in [-0.3, -0.25) is 4.79 Å². The van der Waals surface area contributed by atoms with Gasteiger partial charge < -0.3 is 24.9 Å². The SMILES string of the molecule is Cc1[nH]c2c(c1C(=O)N(C)CCN(C)C)CCC=C2c1c(O)[nH]c2cc(Cl)ccc12. The zero-order valence-corrected chi connectivity index (χ0v) is 18.5. The molecule has 0 bridgehead atoms. The lowest BCUT2D eigenvalue weighted by molar-refractivity contribution is 0.0784. The number of aromatic hydroxyl groups is 1. The number of aromatic nitrogens is 2. The number of aromatic amines is 2. The minimum atomic E-state index is 0.0306. The van der Waals surface area contributed by atoms with Crippen molar-refractivity contribution in [2.45, 2.75) is 19.8 Å². The highest BCUT2D eigenvalue weighted by atomic mass is 35.5. The van der Waals surface area contributed by atoms with Gasteiger partial charge in [-0.15, -0.1) is 0 Å². The molecule has 0 saturated carbocycles. The molecule has 4 rings (SSSR count). The van der Waals surface area contributed by atoms with Crippen molar-refractivity contribution in [2.75, 3.05) is 34.2 Å². The Labute approximate surface area is 181 Å². The normalized spacial score (nSPS) is 13.6. The molecule has 0 atom stereocenters. The molecule has 0 unspecified atom stereocenters. The van der Waals surface area contributed by atoms with Gasteiger partial charge in [0.05, 0.1) is 22.3 Å². The molecular formula is C23H27ClN4O2. The summed E-state index contributed by atoms with van der Waals surface area (Å²) < 4.78 is 0. The molecule has 30 heavy (non-hydrogen) atoms. The van der Waals surface area contributed by atoms with Gasteiger partial charge >= 0.3 is 0 Å². The molecule has 0 radical (unpaired) electrons. The number of halogens is 1. The van der Waals surface area contributed by atoms with E-state index < -0.39 is 0 Å². The lowest BCUT2D eigenvalue weighted by atomic mass is 9.89. The Bertz CT molecular complexity index is 1160. The fourth-order valence-electron chi connectivity index (χ4n) is 4.21. The van der Waals surface area contributed by atoms with Gasteiger partial charge in [-0.05, 0) is 51.6 Å². The van der Waals surface area contributed by atoms with E-state index in [1.165, 1.54) is 0 Å². The van der Waals surface area contributed by atoms with Gasteiger partial charge in [-0.2, -0.15) is 0 Å². The number of carbonyl (C=O) groups is 1. The number of allylic oxidation sites excluding steroid dienone is 1. The predicted molar refractivity (Wildman–Crippen MR) is 121 cm³/mol. The monoisotopic (exact) mass is 426 g/mol. The second-order valence-electron chi connectivity index (χ2n) is 8.20. The summed E-state index contributed by atoms with van der Waals surface area (Å²) in [6.45, 7) is 3.42. The summed E-state index contributed by atoms with van der Waals surface area (Å²) in [5.41, 5.74) is 5.98. The van der Waals surface area contributed by atoms with E-state index in [4.69, 9.17) is 11.6 Å². The van der Waals surface area contributed by atoms with E-state index >= 15 is 0 Å². The van der Waals surface area contributed by atoms with Gasteiger partial charge in [-0.1, -0.05) is 23.7 Å². The van der Waals surface area contributed by atoms with Crippen molar-refractivity contribution in [3.63, 3.8) is 0 Å². The van der Waals surface area contributed by atoms with Crippen LogP contribution in [-0.2, 0) is 6.42 Å². The number of carbonyl (C=O) groups excluding carboxylic acids is 1. The standard InChI is InChI=1S/C23H27ClN4O2/c1-13-19(23(30)28(4)11-10-27(2)3)16-6-5-7-17(21(16)25-13)20-15-9-8-14(24)12-18(15)26-22(20)29/h7-9,12,25-26,29H,5-6,10-11H2,1-4H3. The molecular weight excluding hydrogens is 400 g/mol. The van der Waals surface area contributed by atoms with Crippen LogP contribution >= 0.6 is 11.6 Å². The van der Waals surface area contributed by atoms with Crippen LogP contribution in [0.25, 0.3) is 16.5 Å². The van der Waals surface area contributed by atoms with Gasteiger partial charge in [0.1, 0.15) is 0 Å². The Hall–Kier alpha value is -2.70. The van der Waals surface area contributed by atoms with Gasteiger partial charge in [0, 0.05) is 41.8 Å².